The molecule has 0 unspecified atom stereocenters. The average molecular weight is 232 g/mol. The Morgan fingerprint density at radius 3 is 2.81 bits per heavy atom. The fourth-order valence-electron chi connectivity index (χ4n) is 1.59. The largest absolute Gasteiger partial charge is 0.453 e. The molecule has 1 heterocycles. The molecule has 1 aromatic rings. The van der Waals surface area contributed by atoms with E-state index in [1.165, 1.54) is 6.07 Å². The van der Waals surface area contributed by atoms with Crippen molar-refractivity contribution in [3.63, 3.8) is 0 Å². The number of aromatic nitrogens is 1. The van der Waals surface area contributed by atoms with E-state index in [1.807, 2.05) is 12.1 Å². The first-order valence-electron chi connectivity index (χ1n) is 4.74. The van der Waals surface area contributed by atoms with Gasteiger partial charge in [0.1, 0.15) is 5.52 Å². The molecule has 3 nitrogen and oxygen atoms in total. The highest BCUT2D eigenvalue weighted by Gasteiger charge is 2.13. The smallest absolute Gasteiger partial charge is 0.226 e. The quantitative estimate of drug-likeness (QED) is 0.559. The third-order valence-corrected chi connectivity index (χ3v) is 2.66. The van der Waals surface area contributed by atoms with E-state index in [-0.39, 0.29) is 16.1 Å². The van der Waals surface area contributed by atoms with Gasteiger partial charge in [-0.2, -0.15) is 0 Å². The molecule has 0 bridgehead atoms. The van der Waals surface area contributed by atoms with E-state index in [0.717, 1.165) is 0 Å². The maximum absolute atomic E-state index is 11.7. The van der Waals surface area contributed by atoms with Gasteiger partial charge in [0.05, 0.1) is 5.02 Å². The van der Waals surface area contributed by atoms with Gasteiger partial charge in [-0.1, -0.05) is 23.7 Å². The second kappa shape index (κ2) is 3.32. The van der Waals surface area contributed by atoms with Crippen molar-refractivity contribution in [2.24, 2.45) is 0 Å². The maximum Gasteiger partial charge on any atom is 0.226 e. The van der Waals surface area contributed by atoms with E-state index < -0.39 is 0 Å². The van der Waals surface area contributed by atoms with Gasteiger partial charge in [-0.15, -0.1) is 0 Å². The molecule has 0 fully saturated rings. The van der Waals surface area contributed by atoms with E-state index in [0.29, 0.717) is 16.9 Å². The molecule has 0 saturated heterocycles. The van der Waals surface area contributed by atoms with Crippen molar-refractivity contribution in [2.45, 2.75) is 0 Å². The van der Waals surface area contributed by atoms with E-state index in [9.17, 15) is 4.79 Å². The van der Waals surface area contributed by atoms with Crippen molar-refractivity contribution in [2.75, 3.05) is 0 Å². The molecule has 16 heavy (non-hydrogen) atoms. The van der Waals surface area contributed by atoms with Crippen molar-refractivity contribution in [3.05, 3.63) is 51.6 Å². The van der Waals surface area contributed by atoms with Gasteiger partial charge in [0, 0.05) is 0 Å². The molecule has 0 N–H and O–H groups in total. The Morgan fingerprint density at radius 1 is 1.12 bits per heavy atom. The van der Waals surface area contributed by atoms with Crippen LogP contribution in [0.4, 0.5) is 0 Å². The standard InChI is InChI=1S/C12H6ClNO2/c13-7-5-6-10-11(12(7)15)14-8-3-1-2-4-9(8)16-10/h1-6H. The summed E-state index contributed by atoms with van der Waals surface area (Å²) in [6, 6.07) is 10.5. The molecule has 1 aliphatic carbocycles. The Bertz CT molecular complexity index is 705. The minimum Gasteiger partial charge on any atom is -0.453 e. The van der Waals surface area contributed by atoms with Gasteiger partial charge in [0.15, 0.2) is 17.0 Å². The molecule has 78 valence electrons. The third kappa shape index (κ3) is 1.29. The van der Waals surface area contributed by atoms with Crippen LogP contribution in [0.3, 0.4) is 0 Å². The molecule has 4 heteroatoms. The van der Waals surface area contributed by atoms with Crippen molar-refractivity contribution >= 4 is 22.7 Å². The Labute approximate surface area is 95.6 Å². The number of halogens is 1. The first-order valence-corrected chi connectivity index (χ1v) is 5.11. The molecule has 0 saturated carbocycles. The van der Waals surface area contributed by atoms with Crippen LogP contribution in [0.25, 0.3) is 22.6 Å². The summed E-state index contributed by atoms with van der Waals surface area (Å²) >= 11 is 5.74. The normalized spacial score (nSPS) is 11.1. The van der Waals surface area contributed by atoms with Gasteiger partial charge >= 0.3 is 0 Å². The van der Waals surface area contributed by atoms with Gasteiger partial charge in [0.25, 0.3) is 0 Å². The second-order valence-corrected chi connectivity index (χ2v) is 3.81. The van der Waals surface area contributed by atoms with Crippen LogP contribution in [-0.4, -0.2) is 4.98 Å². The second-order valence-electron chi connectivity index (χ2n) is 3.40. The zero-order valence-electron chi connectivity index (χ0n) is 8.11. The average Bonchev–Trinajstić information content (AvgIpc) is 2.32. The Kier molecular flexibility index (Phi) is 1.94. The van der Waals surface area contributed by atoms with Gasteiger partial charge in [-0.25, -0.2) is 4.98 Å². The summed E-state index contributed by atoms with van der Waals surface area (Å²) in [5, 5.41) is 0.158. The number of benzene rings is 2. The number of para-hydroxylation sites is 2. The summed E-state index contributed by atoms with van der Waals surface area (Å²) in [6.07, 6.45) is 0. The van der Waals surface area contributed by atoms with Crippen molar-refractivity contribution < 1.29 is 4.42 Å². The number of nitrogens with zero attached hydrogens (tertiary/aromatic N) is 1. The summed E-state index contributed by atoms with van der Waals surface area (Å²) in [4.78, 5) is 16.0. The van der Waals surface area contributed by atoms with Crippen LogP contribution >= 0.6 is 11.6 Å². The fraction of sp³-hybridized carbons (Fsp3) is 0. The van der Waals surface area contributed by atoms with Crippen LogP contribution in [0.5, 0.6) is 0 Å². The molecule has 2 aliphatic rings. The topological polar surface area (TPSA) is 43.1 Å². The van der Waals surface area contributed by atoms with Gasteiger partial charge in [0.2, 0.25) is 5.43 Å². The maximum atomic E-state index is 11.7. The zero-order valence-corrected chi connectivity index (χ0v) is 8.86. The van der Waals surface area contributed by atoms with Crippen LogP contribution in [0.15, 0.2) is 45.6 Å². The SMILES string of the molecule is O=c1c(Cl)ccc2oc3ccccc3nc1-2. The van der Waals surface area contributed by atoms with Crippen LogP contribution in [0, 0.1) is 0 Å². The number of hydrogen-bond donors (Lipinski definition) is 0. The zero-order chi connectivity index (χ0) is 11.1. The van der Waals surface area contributed by atoms with E-state index in [2.05, 4.69) is 4.98 Å². The predicted octanol–water partition coefficient (Wildman–Crippen LogP) is 2.95. The Morgan fingerprint density at radius 2 is 1.94 bits per heavy atom. The van der Waals surface area contributed by atoms with Gasteiger partial charge in [-0.05, 0) is 24.3 Å². The minimum absolute atomic E-state index is 0.158. The minimum atomic E-state index is -0.298. The van der Waals surface area contributed by atoms with Crippen LogP contribution in [0.1, 0.15) is 0 Å². The molecule has 0 spiro atoms. The molecular formula is C12H6ClNO2. The first-order chi connectivity index (χ1) is 7.75. The lowest BCUT2D eigenvalue weighted by Crippen LogP contribution is -2.08. The Hall–Kier alpha value is -1.87. The number of hydrogen-bond acceptors (Lipinski definition) is 3. The van der Waals surface area contributed by atoms with Crippen molar-refractivity contribution in [3.8, 4) is 11.5 Å². The lowest BCUT2D eigenvalue weighted by Gasteiger charge is -2.04. The molecule has 0 radical (unpaired) electrons. The molecule has 1 aromatic carbocycles. The lowest BCUT2D eigenvalue weighted by atomic mass is 10.2. The Balaban J connectivity index is 2.53. The van der Waals surface area contributed by atoms with Gasteiger partial charge in [-0.3, -0.25) is 4.79 Å². The molecule has 0 atom stereocenters. The fourth-order valence-corrected chi connectivity index (χ4v) is 1.74. The first kappa shape index (κ1) is 9.36. The van der Waals surface area contributed by atoms with Crippen molar-refractivity contribution in [1.82, 2.24) is 4.98 Å². The summed E-state index contributed by atoms with van der Waals surface area (Å²) in [7, 11) is 0. The third-order valence-electron chi connectivity index (χ3n) is 2.36. The van der Waals surface area contributed by atoms with E-state index >= 15 is 0 Å². The predicted molar refractivity (Wildman–Crippen MR) is 61.9 cm³/mol. The molecule has 3 rings (SSSR count). The highest BCUT2D eigenvalue weighted by atomic mass is 35.5. The number of fused-ring (bicyclic) bond motifs is 2. The van der Waals surface area contributed by atoms with Crippen molar-refractivity contribution in [1.29, 1.82) is 0 Å². The highest BCUT2D eigenvalue weighted by Crippen LogP contribution is 2.23. The highest BCUT2D eigenvalue weighted by molar-refractivity contribution is 6.30. The van der Waals surface area contributed by atoms with Gasteiger partial charge < -0.3 is 4.42 Å². The summed E-state index contributed by atoms with van der Waals surface area (Å²) in [5.74, 6) is 0.452. The molecular weight excluding hydrogens is 226 g/mol. The molecule has 1 aliphatic heterocycles. The van der Waals surface area contributed by atoms with E-state index in [1.54, 1.807) is 18.2 Å². The molecule has 0 aromatic heterocycles. The summed E-state index contributed by atoms with van der Waals surface area (Å²) < 4.78 is 5.56. The van der Waals surface area contributed by atoms with Crippen LogP contribution in [-0.2, 0) is 0 Å². The lowest BCUT2D eigenvalue weighted by molar-refractivity contribution is 0.612. The monoisotopic (exact) mass is 231 g/mol. The summed E-state index contributed by atoms with van der Waals surface area (Å²) in [6.45, 7) is 0. The van der Waals surface area contributed by atoms with E-state index in [4.69, 9.17) is 16.0 Å². The number of rotatable bonds is 0. The van der Waals surface area contributed by atoms with Crippen LogP contribution in [0.2, 0.25) is 5.02 Å². The molecule has 0 amide bonds. The summed E-state index contributed by atoms with van der Waals surface area (Å²) in [5.41, 5.74) is 1.27. The van der Waals surface area contributed by atoms with Crippen LogP contribution < -0.4 is 5.43 Å².